The van der Waals surface area contributed by atoms with E-state index in [9.17, 15) is 0 Å². The zero-order chi connectivity index (χ0) is 11.8. The number of allylic oxidation sites excluding steroid dienone is 1. The molecule has 0 bridgehead atoms. The molecule has 88 valence electrons. The molecule has 1 aliphatic rings. The standard InChI is InChI=1S/C11H19BN2O2/c12-16-8-15-11-3-1-2-9(6-13)10(7-14)4-5-11/h6-7,9,11,13H,1-5,8,14H2/b10-7-,13-6?. The van der Waals surface area contributed by atoms with E-state index in [1.165, 1.54) is 6.21 Å². The van der Waals surface area contributed by atoms with Crippen molar-refractivity contribution >= 4 is 14.3 Å². The highest BCUT2D eigenvalue weighted by Crippen LogP contribution is 2.26. The summed E-state index contributed by atoms with van der Waals surface area (Å²) < 4.78 is 9.87. The maximum atomic E-state index is 7.37. The van der Waals surface area contributed by atoms with E-state index in [1.54, 1.807) is 6.20 Å². The Labute approximate surface area is 98.1 Å². The van der Waals surface area contributed by atoms with Crippen molar-refractivity contribution in [2.75, 3.05) is 6.79 Å². The molecule has 0 aromatic heterocycles. The zero-order valence-corrected chi connectivity index (χ0v) is 9.52. The van der Waals surface area contributed by atoms with Crippen molar-refractivity contribution in [2.45, 2.75) is 38.2 Å². The Morgan fingerprint density at radius 1 is 1.44 bits per heavy atom. The Morgan fingerprint density at radius 2 is 2.25 bits per heavy atom. The normalized spacial score (nSPS) is 29.6. The monoisotopic (exact) mass is 222 g/mol. The SMILES string of the molecule is [B]OCOC1CCCC(C=N)/C(=C\N)CC1. The minimum atomic E-state index is 0.139. The van der Waals surface area contributed by atoms with Gasteiger partial charge in [-0.2, -0.15) is 0 Å². The van der Waals surface area contributed by atoms with Crippen LogP contribution in [0.25, 0.3) is 0 Å². The number of nitrogens with two attached hydrogens (primary N) is 1. The largest absolute Gasteiger partial charge is 0.427 e. The second-order valence-corrected chi connectivity index (χ2v) is 4.06. The summed E-state index contributed by atoms with van der Waals surface area (Å²) in [6.07, 6.45) is 8.10. The molecule has 3 N–H and O–H groups in total. The minimum Gasteiger partial charge on any atom is -0.427 e. The summed E-state index contributed by atoms with van der Waals surface area (Å²) in [5.41, 5.74) is 6.72. The van der Waals surface area contributed by atoms with Crippen LogP contribution in [0, 0.1) is 11.3 Å². The lowest BCUT2D eigenvalue weighted by Crippen LogP contribution is -2.20. The molecule has 2 radical (unpaired) electrons. The molecule has 0 aromatic carbocycles. The van der Waals surface area contributed by atoms with E-state index in [4.69, 9.17) is 23.9 Å². The van der Waals surface area contributed by atoms with Gasteiger partial charge < -0.3 is 20.5 Å². The molecule has 16 heavy (non-hydrogen) atoms. The van der Waals surface area contributed by atoms with Gasteiger partial charge in [0.05, 0.1) is 6.10 Å². The lowest BCUT2D eigenvalue weighted by molar-refractivity contribution is -0.0413. The fourth-order valence-corrected chi connectivity index (χ4v) is 2.11. The van der Waals surface area contributed by atoms with Crippen molar-refractivity contribution < 1.29 is 9.39 Å². The van der Waals surface area contributed by atoms with Crippen LogP contribution in [0.2, 0.25) is 0 Å². The third-order valence-electron chi connectivity index (χ3n) is 3.06. The van der Waals surface area contributed by atoms with E-state index in [0.29, 0.717) is 0 Å². The van der Waals surface area contributed by atoms with E-state index in [-0.39, 0.29) is 18.8 Å². The van der Waals surface area contributed by atoms with Crippen molar-refractivity contribution in [1.82, 2.24) is 0 Å². The average molecular weight is 222 g/mol. The second-order valence-electron chi connectivity index (χ2n) is 4.06. The number of hydrogen-bond donors (Lipinski definition) is 2. The van der Waals surface area contributed by atoms with Crippen molar-refractivity contribution in [2.24, 2.45) is 11.7 Å². The van der Waals surface area contributed by atoms with E-state index >= 15 is 0 Å². The van der Waals surface area contributed by atoms with Crippen LogP contribution in [0.15, 0.2) is 11.8 Å². The Morgan fingerprint density at radius 3 is 2.88 bits per heavy atom. The van der Waals surface area contributed by atoms with Gasteiger partial charge in [-0.25, -0.2) is 0 Å². The zero-order valence-electron chi connectivity index (χ0n) is 9.52. The third kappa shape index (κ3) is 3.98. The highest BCUT2D eigenvalue weighted by atomic mass is 16.6. The first-order chi connectivity index (χ1) is 7.81. The van der Waals surface area contributed by atoms with Crippen molar-refractivity contribution in [3.8, 4) is 0 Å². The maximum Gasteiger partial charge on any atom is 0.285 e. The van der Waals surface area contributed by atoms with Gasteiger partial charge in [-0.05, 0) is 43.9 Å². The van der Waals surface area contributed by atoms with Gasteiger partial charge in [0.25, 0.3) is 8.05 Å². The predicted molar refractivity (Wildman–Crippen MR) is 64.2 cm³/mol. The summed E-state index contributed by atoms with van der Waals surface area (Å²) in [4.78, 5) is 0. The summed E-state index contributed by atoms with van der Waals surface area (Å²) >= 11 is 0. The van der Waals surface area contributed by atoms with Gasteiger partial charge in [0, 0.05) is 12.1 Å². The van der Waals surface area contributed by atoms with Gasteiger partial charge in [-0.1, -0.05) is 0 Å². The van der Waals surface area contributed by atoms with Crippen LogP contribution in [-0.2, 0) is 9.39 Å². The van der Waals surface area contributed by atoms with Gasteiger partial charge in [-0.15, -0.1) is 0 Å². The first-order valence-corrected chi connectivity index (χ1v) is 5.66. The molecule has 2 unspecified atom stereocenters. The first-order valence-electron chi connectivity index (χ1n) is 5.66. The number of hydrogen-bond acceptors (Lipinski definition) is 4. The lowest BCUT2D eigenvalue weighted by atomic mass is 9.87. The van der Waals surface area contributed by atoms with Gasteiger partial charge in [-0.3, -0.25) is 0 Å². The Balaban J connectivity index is 2.48. The molecule has 0 aliphatic heterocycles. The molecular weight excluding hydrogens is 203 g/mol. The smallest absolute Gasteiger partial charge is 0.285 e. The van der Waals surface area contributed by atoms with Crippen LogP contribution in [0.3, 0.4) is 0 Å². The summed E-state index contributed by atoms with van der Waals surface area (Å²) in [7, 11) is 4.93. The van der Waals surface area contributed by atoms with Crippen LogP contribution < -0.4 is 5.73 Å². The number of nitrogens with one attached hydrogen (secondary N) is 1. The average Bonchev–Trinajstić information content (AvgIpc) is 2.28. The Bertz CT molecular complexity index is 246. The Hall–Kier alpha value is -0.805. The molecule has 1 fully saturated rings. The minimum absolute atomic E-state index is 0.139. The number of ether oxygens (including phenoxy) is 1. The second kappa shape index (κ2) is 7.47. The van der Waals surface area contributed by atoms with Crippen LogP contribution in [0.1, 0.15) is 32.1 Å². The third-order valence-corrected chi connectivity index (χ3v) is 3.06. The topological polar surface area (TPSA) is 68.3 Å². The highest BCUT2D eigenvalue weighted by molar-refractivity contribution is 5.97. The molecule has 0 heterocycles. The van der Waals surface area contributed by atoms with E-state index < -0.39 is 0 Å². The van der Waals surface area contributed by atoms with E-state index in [1.807, 2.05) is 0 Å². The predicted octanol–water partition coefficient (Wildman–Crippen LogP) is 1.50. The quantitative estimate of drug-likeness (QED) is 0.430. The molecule has 1 saturated carbocycles. The molecule has 0 saturated heterocycles. The Kier molecular flexibility index (Phi) is 6.19. The molecule has 2 atom stereocenters. The summed E-state index contributed by atoms with van der Waals surface area (Å²) in [6.45, 7) is 0.139. The van der Waals surface area contributed by atoms with Gasteiger partial charge >= 0.3 is 0 Å². The van der Waals surface area contributed by atoms with Crippen LogP contribution in [0.5, 0.6) is 0 Å². The van der Waals surface area contributed by atoms with Gasteiger partial charge in [0.2, 0.25) is 0 Å². The summed E-state index contributed by atoms with van der Waals surface area (Å²) in [5.74, 6) is 0.205. The molecule has 1 rings (SSSR count). The molecule has 5 heteroatoms. The molecule has 0 aromatic rings. The van der Waals surface area contributed by atoms with E-state index in [0.717, 1.165) is 37.7 Å². The van der Waals surface area contributed by atoms with Gasteiger partial charge in [0.1, 0.15) is 6.79 Å². The summed E-state index contributed by atoms with van der Waals surface area (Å²) in [6, 6.07) is 0. The van der Waals surface area contributed by atoms with Crippen LogP contribution in [0.4, 0.5) is 0 Å². The lowest BCUT2D eigenvalue weighted by Gasteiger charge is -2.24. The first kappa shape index (κ1) is 13.3. The van der Waals surface area contributed by atoms with E-state index in [2.05, 4.69) is 4.65 Å². The molecule has 0 amide bonds. The molecular formula is C11H19BN2O2. The molecule has 4 nitrogen and oxygen atoms in total. The fourth-order valence-electron chi connectivity index (χ4n) is 2.11. The fraction of sp³-hybridized carbons (Fsp3) is 0.727. The molecule has 1 aliphatic carbocycles. The number of rotatable bonds is 4. The van der Waals surface area contributed by atoms with Crippen molar-refractivity contribution in [3.63, 3.8) is 0 Å². The van der Waals surface area contributed by atoms with Crippen LogP contribution >= 0.6 is 0 Å². The highest BCUT2D eigenvalue weighted by Gasteiger charge is 2.19. The van der Waals surface area contributed by atoms with Crippen molar-refractivity contribution in [1.29, 1.82) is 5.41 Å². The summed E-state index contributed by atoms with van der Waals surface area (Å²) in [5, 5.41) is 7.37. The van der Waals surface area contributed by atoms with Gasteiger partial charge in [0.15, 0.2) is 0 Å². The van der Waals surface area contributed by atoms with Crippen molar-refractivity contribution in [3.05, 3.63) is 11.8 Å². The molecule has 0 spiro atoms. The van der Waals surface area contributed by atoms with Crippen LogP contribution in [-0.4, -0.2) is 27.2 Å². The maximum absolute atomic E-state index is 7.37.